The number of ether oxygens (including phenoxy) is 1. The summed E-state index contributed by atoms with van der Waals surface area (Å²) in [5, 5.41) is 13.3. The van der Waals surface area contributed by atoms with Gasteiger partial charge in [0.25, 0.3) is 0 Å². The van der Waals surface area contributed by atoms with Crippen molar-refractivity contribution in [1.29, 1.82) is 0 Å². The molecule has 1 N–H and O–H groups in total. The van der Waals surface area contributed by atoms with Crippen LogP contribution in [0.4, 0.5) is 0 Å². The van der Waals surface area contributed by atoms with E-state index in [-0.39, 0.29) is 6.42 Å². The van der Waals surface area contributed by atoms with Crippen LogP contribution in [0.3, 0.4) is 0 Å². The summed E-state index contributed by atoms with van der Waals surface area (Å²) < 4.78 is 7.11. The van der Waals surface area contributed by atoms with Gasteiger partial charge in [0.2, 0.25) is 0 Å². The zero-order chi connectivity index (χ0) is 16.9. The maximum Gasteiger partial charge on any atom is 0.307 e. The summed E-state index contributed by atoms with van der Waals surface area (Å²) in [4.78, 5) is 15.0. The fourth-order valence-electron chi connectivity index (χ4n) is 2.33. The second-order valence-electron chi connectivity index (χ2n) is 5.21. The highest BCUT2D eigenvalue weighted by atomic mass is 16.5. The summed E-state index contributed by atoms with van der Waals surface area (Å²) in [6.45, 7) is 2.57. The Morgan fingerprint density at radius 1 is 1.12 bits per heavy atom. The minimum atomic E-state index is -0.847. The summed E-state index contributed by atoms with van der Waals surface area (Å²) in [6.07, 6.45) is 1.66. The van der Waals surface area contributed by atoms with Gasteiger partial charge in [-0.25, -0.2) is 9.67 Å². The van der Waals surface area contributed by atoms with Crippen molar-refractivity contribution < 1.29 is 14.6 Å². The van der Waals surface area contributed by atoms with Crippen LogP contribution in [0.15, 0.2) is 54.9 Å². The maximum atomic E-state index is 10.7. The molecule has 6 heteroatoms. The zero-order valence-corrected chi connectivity index (χ0v) is 13.2. The van der Waals surface area contributed by atoms with E-state index >= 15 is 0 Å². The first kappa shape index (κ1) is 15.7. The Bertz CT molecular complexity index is 823. The van der Waals surface area contributed by atoms with Crippen molar-refractivity contribution in [3.8, 4) is 22.8 Å². The van der Waals surface area contributed by atoms with Crippen LogP contribution in [0, 0.1) is 0 Å². The number of benzene rings is 2. The molecule has 0 amide bonds. The molecule has 0 bridgehead atoms. The van der Waals surface area contributed by atoms with Crippen LogP contribution >= 0.6 is 0 Å². The Balaban J connectivity index is 1.78. The number of aliphatic carboxylic acids is 1. The zero-order valence-electron chi connectivity index (χ0n) is 13.2. The number of carboxylic acid groups (broad SMARTS) is 1. The minimum absolute atomic E-state index is 0.00826. The van der Waals surface area contributed by atoms with Crippen LogP contribution in [0.5, 0.6) is 5.75 Å². The van der Waals surface area contributed by atoms with Gasteiger partial charge in [0.15, 0.2) is 5.82 Å². The predicted molar refractivity (Wildman–Crippen MR) is 89.3 cm³/mol. The van der Waals surface area contributed by atoms with E-state index in [1.807, 2.05) is 43.3 Å². The van der Waals surface area contributed by atoms with E-state index in [0.29, 0.717) is 12.4 Å². The van der Waals surface area contributed by atoms with Gasteiger partial charge in [0, 0.05) is 5.56 Å². The molecule has 0 atom stereocenters. The highest BCUT2D eigenvalue weighted by Crippen LogP contribution is 2.18. The number of hydrogen-bond acceptors (Lipinski definition) is 4. The van der Waals surface area contributed by atoms with Crippen LogP contribution < -0.4 is 4.74 Å². The van der Waals surface area contributed by atoms with Crippen molar-refractivity contribution in [1.82, 2.24) is 14.8 Å². The van der Waals surface area contributed by atoms with E-state index in [9.17, 15) is 4.79 Å². The molecular weight excluding hydrogens is 306 g/mol. The summed E-state index contributed by atoms with van der Waals surface area (Å²) in [7, 11) is 0. The lowest BCUT2D eigenvalue weighted by atomic mass is 10.1. The van der Waals surface area contributed by atoms with E-state index in [2.05, 4.69) is 10.1 Å². The molecule has 0 aliphatic heterocycles. The molecule has 6 nitrogen and oxygen atoms in total. The van der Waals surface area contributed by atoms with Crippen LogP contribution in [0.2, 0.25) is 0 Å². The molecule has 0 radical (unpaired) electrons. The lowest BCUT2D eigenvalue weighted by Gasteiger charge is -2.04. The quantitative estimate of drug-likeness (QED) is 0.754. The number of aromatic nitrogens is 3. The maximum absolute atomic E-state index is 10.7. The monoisotopic (exact) mass is 323 g/mol. The third-order valence-corrected chi connectivity index (χ3v) is 3.47. The third kappa shape index (κ3) is 3.60. The molecule has 0 aliphatic carbocycles. The van der Waals surface area contributed by atoms with Gasteiger partial charge in [-0.3, -0.25) is 4.79 Å². The molecule has 3 aromatic rings. The summed E-state index contributed by atoms with van der Waals surface area (Å²) in [5.74, 6) is 0.557. The Hall–Kier alpha value is -3.15. The molecule has 1 aromatic heterocycles. The van der Waals surface area contributed by atoms with Gasteiger partial charge >= 0.3 is 5.97 Å². The van der Waals surface area contributed by atoms with Crippen LogP contribution in [0.25, 0.3) is 17.1 Å². The second-order valence-corrected chi connectivity index (χ2v) is 5.21. The lowest BCUT2D eigenvalue weighted by Crippen LogP contribution is -1.99. The normalized spacial score (nSPS) is 10.5. The van der Waals surface area contributed by atoms with Crippen molar-refractivity contribution in [2.75, 3.05) is 6.61 Å². The summed E-state index contributed by atoms with van der Waals surface area (Å²) >= 11 is 0. The van der Waals surface area contributed by atoms with Crippen LogP contribution in [0.1, 0.15) is 12.5 Å². The van der Waals surface area contributed by atoms with E-state index in [1.54, 1.807) is 23.1 Å². The SMILES string of the molecule is CCOc1ccc(-n2cnc(-c3ccc(CC(=O)O)cc3)n2)cc1. The molecular formula is C18H17N3O3. The van der Waals surface area contributed by atoms with Gasteiger partial charge in [-0.1, -0.05) is 24.3 Å². The number of carbonyl (C=O) groups is 1. The largest absolute Gasteiger partial charge is 0.494 e. The molecule has 0 fully saturated rings. The van der Waals surface area contributed by atoms with Gasteiger partial charge in [-0.15, -0.1) is 5.10 Å². The Morgan fingerprint density at radius 3 is 2.46 bits per heavy atom. The van der Waals surface area contributed by atoms with Crippen molar-refractivity contribution >= 4 is 5.97 Å². The highest BCUT2D eigenvalue weighted by Gasteiger charge is 2.07. The third-order valence-electron chi connectivity index (χ3n) is 3.47. The Morgan fingerprint density at radius 2 is 1.83 bits per heavy atom. The first-order valence-electron chi connectivity index (χ1n) is 7.61. The number of carboxylic acids is 1. The van der Waals surface area contributed by atoms with Gasteiger partial charge in [0.05, 0.1) is 18.7 Å². The smallest absolute Gasteiger partial charge is 0.307 e. The summed E-state index contributed by atoms with van der Waals surface area (Å²) in [5.41, 5.74) is 2.48. The van der Waals surface area contributed by atoms with Crippen molar-refractivity contribution in [3.05, 3.63) is 60.4 Å². The van der Waals surface area contributed by atoms with Gasteiger partial charge in [-0.05, 0) is 36.8 Å². The predicted octanol–water partition coefficient (Wildman–Crippen LogP) is 2.96. The topological polar surface area (TPSA) is 77.2 Å². The van der Waals surface area contributed by atoms with E-state index in [4.69, 9.17) is 9.84 Å². The van der Waals surface area contributed by atoms with Crippen molar-refractivity contribution in [2.24, 2.45) is 0 Å². The Kier molecular flexibility index (Phi) is 4.56. The first-order chi connectivity index (χ1) is 11.7. The highest BCUT2D eigenvalue weighted by molar-refractivity contribution is 5.70. The molecule has 0 aliphatic rings. The molecule has 2 aromatic carbocycles. The minimum Gasteiger partial charge on any atom is -0.494 e. The van der Waals surface area contributed by atoms with Gasteiger partial charge in [-0.2, -0.15) is 0 Å². The average molecular weight is 323 g/mol. The number of nitrogens with zero attached hydrogens (tertiary/aromatic N) is 3. The molecule has 0 spiro atoms. The van der Waals surface area contributed by atoms with E-state index in [0.717, 1.165) is 22.6 Å². The molecule has 122 valence electrons. The number of rotatable bonds is 6. The average Bonchev–Trinajstić information content (AvgIpc) is 3.06. The summed E-state index contributed by atoms with van der Waals surface area (Å²) in [6, 6.07) is 14.8. The molecule has 3 rings (SSSR count). The van der Waals surface area contributed by atoms with E-state index < -0.39 is 5.97 Å². The van der Waals surface area contributed by atoms with Crippen LogP contribution in [-0.4, -0.2) is 32.4 Å². The first-order valence-corrected chi connectivity index (χ1v) is 7.61. The molecule has 24 heavy (non-hydrogen) atoms. The molecule has 0 unspecified atom stereocenters. The molecule has 0 saturated carbocycles. The standard InChI is InChI=1S/C18H17N3O3/c1-2-24-16-9-7-15(8-10-16)21-12-19-18(20-21)14-5-3-13(4-6-14)11-17(22)23/h3-10,12H,2,11H2,1H3,(H,22,23). The number of hydrogen-bond donors (Lipinski definition) is 1. The van der Waals surface area contributed by atoms with E-state index in [1.165, 1.54) is 0 Å². The van der Waals surface area contributed by atoms with Gasteiger partial charge < -0.3 is 9.84 Å². The van der Waals surface area contributed by atoms with Gasteiger partial charge in [0.1, 0.15) is 12.1 Å². The second kappa shape index (κ2) is 6.95. The fraction of sp³-hybridized carbons (Fsp3) is 0.167. The fourth-order valence-corrected chi connectivity index (χ4v) is 2.33. The molecule has 1 heterocycles. The van der Waals surface area contributed by atoms with Crippen molar-refractivity contribution in [3.63, 3.8) is 0 Å². The van der Waals surface area contributed by atoms with Crippen LogP contribution in [-0.2, 0) is 11.2 Å². The Labute approximate surface area is 139 Å². The molecule has 0 saturated heterocycles. The lowest BCUT2D eigenvalue weighted by molar-refractivity contribution is -0.136. The van der Waals surface area contributed by atoms with Crippen molar-refractivity contribution in [2.45, 2.75) is 13.3 Å².